The predicted molar refractivity (Wildman–Crippen MR) is 115 cm³/mol. The Morgan fingerprint density at radius 1 is 1.10 bits per heavy atom. The van der Waals surface area contributed by atoms with Crippen LogP contribution in [-0.4, -0.2) is 45.6 Å². The first-order valence-corrected chi connectivity index (χ1v) is 10.6. The molecular weight excluding hydrogens is 380 g/mol. The van der Waals surface area contributed by atoms with Crippen molar-refractivity contribution in [1.82, 2.24) is 15.2 Å². The molecule has 7 nitrogen and oxygen atoms in total. The number of fused-ring (bicyclic) bond motifs is 1. The number of nitrogens with one attached hydrogen (secondary N) is 1. The van der Waals surface area contributed by atoms with Crippen LogP contribution in [0.25, 0.3) is 22.5 Å². The Labute approximate surface area is 175 Å². The molecule has 2 fully saturated rings. The number of nitrogens with zero attached hydrogens (tertiary/aromatic N) is 3. The smallest absolute Gasteiger partial charge is 0.316 e. The number of hydrogen-bond donors (Lipinski definition) is 2. The molecule has 158 valence electrons. The van der Waals surface area contributed by atoms with E-state index in [1.165, 1.54) is 29.4 Å². The fraction of sp³-hybridized carbons (Fsp3) is 0.522. The largest absolute Gasteiger partial charge is 0.402 e. The van der Waals surface area contributed by atoms with Gasteiger partial charge in [0, 0.05) is 5.39 Å². The van der Waals surface area contributed by atoms with E-state index in [9.17, 15) is 5.11 Å². The third-order valence-electron chi connectivity index (χ3n) is 6.00. The van der Waals surface area contributed by atoms with E-state index in [0.717, 1.165) is 11.1 Å². The Balaban J connectivity index is 1.55. The molecule has 1 aliphatic carbocycles. The van der Waals surface area contributed by atoms with Crippen molar-refractivity contribution in [3.8, 4) is 11.6 Å². The van der Waals surface area contributed by atoms with E-state index >= 15 is 0 Å². The summed E-state index contributed by atoms with van der Waals surface area (Å²) < 4.78 is 11.1. The molecule has 1 aliphatic heterocycles. The topological polar surface area (TPSA) is 93.3 Å². The Bertz CT molecular complexity index is 1100. The summed E-state index contributed by atoms with van der Waals surface area (Å²) in [5.74, 6) is 1.05. The van der Waals surface area contributed by atoms with Gasteiger partial charge in [0.2, 0.25) is 0 Å². The lowest BCUT2D eigenvalue weighted by Crippen LogP contribution is -2.31. The molecule has 2 aliphatic rings. The number of aliphatic hydroxyl groups excluding tert-OH is 1. The van der Waals surface area contributed by atoms with Crippen LogP contribution in [0.3, 0.4) is 0 Å². The van der Waals surface area contributed by atoms with Crippen LogP contribution >= 0.6 is 0 Å². The van der Waals surface area contributed by atoms with E-state index in [1.54, 1.807) is 0 Å². The number of aryl methyl sites for hydroxylation is 1. The van der Waals surface area contributed by atoms with Crippen LogP contribution in [0.5, 0.6) is 0 Å². The fourth-order valence-electron chi connectivity index (χ4n) is 4.07. The molecule has 0 bridgehead atoms. The Hall–Kier alpha value is -2.51. The van der Waals surface area contributed by atoms with Gasteiger partial charge in [-0.25, -0.2) is 4.98 Å². The van der Waals surface area contributed by atoms with Crippen molar-refractivity contribution in [2.75, 3.05) is 18.5 Å². The summed E-state index contributed by atoms with van der Waals surface area (Å²) in [6.45, 7) is 9.51. The van der Waals surface area contributed by atoms with Crippen LogP contribution in [-0.2, 0) is 10.2 Å². The lowest BCUT2D eigenvalue weighted by molar-refractivity contribution is 0.125. The van der Waals surface area contributed by atoms with Crippen molar-refractivity contribution in [2.45, 2.75) is 64.0 Å². The zero-order chi connectivity index (χ0) is 21.0. The SMILES string of the molecule is Cc1cc(-c2nnc(NC3COCC3O)o2)nc2c(C(C)(C)C)cc(C3CC3)cc12. The molecule has 30 heavy (non-hydrogen) atoms. The van der Waals surface area contributed by atoms with E-state index in [4.69, 9.17) is 14.1 Å². The summed E-state index contributed by atoms with van der Waals surface area (Å²) in [7, 11) is 0. The highest BCUT2D eigenvalue weighted by Crippen LogP contribution is 2.44. The summed E-state index contributed by atoms with van der Waals surface area (Å²) in [6, 6.07) is 6.66. The molecular formula is C23H28N4O3. The van der Waals surface area contributed by atoms with Gasteiger partial charge in [0.25, 0.3) is 5.89 Å². The summed E-state index contributed by atoms with van der Waals surface area (Å²) in [6.07, 6.45) is 1.97. The lowest BCUT2D eigenvalue weighted by Gasteiger charge is -2.23. The zero-order valence-corrected chi connectivity index (χ0v) is 17.9. The van der Waals surface area contributed by atoms with Crippen LogP contribution in [0.15, 0.2) is 22.6 Å². The standard InChI is InChI=1S/C23H28N4O3/c1-12-7-17(21-26-27-22(30-21)25-18-10-29-11-19(18)28)24-20-15(12)8-14(13-5-6-13)9-16(20)23(2,3)4/h7-9,13,18-19,28H,5-6,10-11H2,1-4H3,(H,25,27). The van der Waals surface area contributed by atoms with Crippen LogP contribution in [0, 0.1) is 6.92 Å². The van der Waals surface area contributed by atoms with E-state index in [1.807, 2.05) is 6.07 Å². The molecule has 0 spiro atoms. The lowest BCUT2D eigenvalue weighted by atomic mass is 9.83. The zero-order valence-electron chi connectivity index (χ0n) is 17.9. The molecule has 2 unspecified atom stereocenters. The molecule has 5 rings (SSSR count). The highest BCUT2D eigenvalue weighted by molar-refractivity contribution is 5.88. The quantitative estimate of drug-likeness (QED) is 0.675. The van der Waals surface area contributed by atoms with Crippen molar-refractivity contribution in [2.24, 2.45) is 0 Å². The van der Waals surface area contributed by atoms with Gasteiger partial charge in [-0.1, -0.05) is 31.9 Å². The van der Waals surface area contributed by atoms with Gasteiger partial charge in [-0.3, -0.25) is 0 Å². The maximum atomic E-state index is 9.91. The molecule has 2 aromatic heterocycles. The van der Waals surface area contributed by atoms with E-state index < -0.39 is 6.10 Å². The summed E-state index contributed by atoms with van der Waals surface area (Å²) in [5.41, 5.74) is 5.45. The first kappa shape index (κ1) is 19.5. The molecule has 7 heteroatoms. The van der Waals surface area contributed by atoms with Gasteiger partial charge in [-0.05, 0) is 59.9 Å². The number of hydrogen-bond acceptors (Lipinski definition) is 7. The van der Waals surface area contributed by atoms with Crippen molar-refractivity contribution >= 4 is 16.9 Å². The second kappa shape index (κ2) is 7.03. The Morgan fingerprint density at radius 2 is 1.90 bits per heavy atom. The summed E-state index contributed by atoms with van der Waals surface area (Å²) >= 11 is 0. The number of pyridine rings is 1. The molecule has 2 atom stereocenters. The number of anilines is 1. The second-order valence-corrected chi connectivity index (χ2v) is 9.58. The van der Waals surface area contributed by atoms with Gasteiger partial charge in [0.1, 0.15) is 5.69 Å². The highest BCUT2D eigenvalue weighted by Gasteiger charge is 2.29. The average molecular weight is 409 g/mol. The maximum Gasteiger partial charge on any atom is 0.316 e. The third-order valence-corrected chi connectivity index (χ3v) is 6.00. The number of benzene rings is 1. The Morgan fingerprint density at radius 3 is 2.57 bits per heavy atom. The monoisotopic (exact) mass is 408 g/mol. The third kappa shape index (κ3) is 3.56. The van der Waals surface area contributed by atoms with E-state index in [-0.39, 0.29) is 17.5 Å². The van der Waals surface area contributed by atoms with Crippen molar-refractivity contribution < 1.29 is 14.3 Å². The van der Waals surface area contributed by atoms with Crippen molar-refractivity contribution in [3.05, 3.63) is 34.9 Å². The first-order valence-electron chi connectivity index (χ1n) is 10.6. The Kier molecular flexibility index (Phi) is 4.56. The molecule has 3 aromatic rings. The minimum atomic E-state index is -0.587. The van der Waals surface area contributed by atoms with Crippen LogP contribution < -0.4 is 5.32 Å². The van der Waals surface area contributed by atoms with Gasteiger partial charge >= 0.3 is 6.01 Å². The minimum Gasteiger partial charge on any atom is -0.402 e. The summed E-state index contributed by atoms with van der Waals surface area (Å²) in [4.78, 5) is 4.96. The molecule has 3 heterocycles. The highest BCUT2D eigenvalue weighted by atomic mass is 16.5. The van der Waals surface area contributed by atoms with Gasteiger partial charge in [0.05, 0.1) is 30.9 Å². The van der Waals surface area contributed by atoms with Crippen LogP contribution in [0.2, 0.25) is 0 Å². The molecule has 1 saturated heterocycles. The molecule has 0 radical (unpaired) electrons. The van der Waals surface area contributed by atoms with Gasteiger partial charge < -0.3 is 19.6 Å². The number of aromatic nitrogens is 3. The molecule has 2 N–H and O–H groups in total. The van der Waals surface area contributed by atoms with Crippen molar-refractivity contribution in [1.29, 1.82) is 0 Å². The van der Waals surface area contributed by atoms with Gasteiger partial charge in [0.15, 0.2) is 0 Å². The summed E-state index contributed by atoms with van der Waals surface area (Å²) in [5, 5.41) is 22.4. The molecule has 0 amide bonds. The van der Waals surface area contributed by atoms with Crippen LogP contribution in [0.4, 0.5) is 6.01 Å². The maximum absolute atomic E-state index is 9.91. The van der Waals surface area contributed by atoms with Crippen LogP contribution in [0.1, 0.15) is 56.2 Å². The second-order valence-electron chi connectivity index (χ2n) is 9.58. The minimum absolute atomic E-state index is 0.0264. The van der Waals surface area contributed by atoms with Crippen molar-refractivity contribution in [3.63, 3.8) is 0 Å². The van der Waals surface area contributed by atoms with E-state index in [0.29, 0.717) is 30.7 Å². The number of aliphatic hydroxyl groups is 1. The fourth-order valence-corrected chi connectivity index (χ4v) is 4.07. The van der Waals surface area contributed by atoms with Gasteiger partial charge in [-0.2, -0.15) is 0 Å². The molecule has 1 saturated carbocycles. The first-order chi connectivity index (χ1) is 14.3. The van der Waals surface area contributed by atoms with E-state index in [2.05, 4.69) is 55.3 Å². The average Bonchev–Trinajstić information content (AvgIpc) is 3.31. The number of rotatable bonds is 4. The number of ether oxygens (including phenoxy) is 1. The molecule has 1 aromatic carbocycles. The normalized spacial score (nSPS) is 22.0. The predicted octanol–water partition coefficient (Wildman–Crippen LogP) is 3.94. The van der Waals surface area contributed by atoms with Gasteiger partial charge in [-0.15, -0.1) is 5.10 Å².